The molecule has 1 fully saturated rings. The Labute approximate surface area is 127 Å². The van der Waals surface area contributed by atoms with Gasteiger partial charge in [-0.05, 0) is 43.7 Å². The minimum Gasteiger partial charge on any atom is -0.310 e. The van der Waals surface area contributed by atoms with Crippen molar-refractivity contribution >= 4 is 0 Å². The molecule has 3 unspecified atom stereocenters. The van der Waals surface area contributed by atoms with E-state index in [-0.39, 0.29) is 0 Å². The van der Waals surface area contributed by atoms with Crippen molar-refractivity contribution in [1.82, 2.24) is 15.1 Å². The van der Waals surface area contributed by atoms with Crippen molar-refractivity contribution in [2.75, 3.05) is 6.54 Å². The fourth-order valence-corrected chi connectivity index (χ4v) is 3.38. The van der Waals surface area contributed by atoms with Gasteiger partial charge in [0.1, 0.15) is 0 Å². The highest BCUT2D eigenvalue weighted by atomic mass is 15.3. The van der Waals surface area contributed by atoms with Crippen LogP contribution in [-0.4, -0.2) is 16.3 Å². The lowest BCUT2D eigenvalue weighted by Crippen LogP contribution is -2.24. The van der Waals surface area contributed by atoms with Crippen LogP contribution in [-0.2, 0) is 7.05 Å². The average molecular weight is 283 g/mol. The Bertz CT molecular complexity index is 588. The van der Waals surface area contributed by atoms with E-state index in [1.807, 2.05) is 11.7 Å². The number of nitrogens with one attached hydrogen (secondary N) is 1. The van der Waals surface area contributed by atoms with Crippen LogP contribution < -0.4 is 5.32 Å². The van der Waals surface area contributed by atoms with Crippen LogP contribution in [0.4, 0.5) is 0 Å². The van der Waals surface area contributed by atoms with E-state index in [4.69, 9.17) is 0 Å². The van der Waals surface area contributed by atoms with Gasteiger partial charge in [0.2, 0.25) is 0 Å². The molecule has 1 saturated carbocycles. The Hall–Kier alpha value is -1.61. The average Bonchev–Trinajstić information content (AvgIpc) is 3.20. The molecule has 1 aromatic heterocycles. The van der Waals surface area contributed by atoms with Crippen LogP contribution in [0.1, 0.15) is 48.5 Å². The second-order valence-corrected chi connectivity index (χ2v) is 6.19. The first kappa shape index (κ1) is 14.3. The fourth-order valence-electron chi connectivity index (χ4n) is 3.38. The van der Waals surface area contributed by atoms with Crippen LogP contribution in [0.5, 0.6) is 0 Å². The molecule has 3 heteroatoms. The molecule has 1 aliphatic carbocycles. The van der Waals surface area contributed by atoms with Crippen LogP contribution >= 0.6 is 0 Å². The standard InChI is InChI=1S/C18H25N3/c1-4-10-19-18(17-12-21(3)20-13(17)2)16-11-15(16)14-8-6-5-7-9-14/h5-9,12,15-16,18-19H,4,10-11H2,1-3H3. The summed E-state index contributed by atoms with van der Waals surface area (Å²) in [6.07, 6.45) is 4.63. The molecular formula is C18H25N3. The van der Waals surface area contributed by atoms with E-state index < -0.39 is 0 Å². The van der Waals surface area contributed by atoms with Gasteiger partial charge >= 0.3 is 0 Å². The Balaban J connectivity index is 1.80. The number of hydrogen-bond acceptors (Lipinski definition) is 2. The molecule has 1 heterocycles. The van der Waals surface area contributed by atoms with Crippen molar-refractivity contribution in [2.24, 2.45) is 13.0 Å². The molecule has 0 saturated heterocycles. The number of nitrogens with zero attached hydrogens (tertiary/aromatic N) is 2. The first-order valence-electron chi connectivity index (χ1n) is 7.99. The predicted octanol–water partition coefficient (Wildman–Crippen LogP) is 3.57. The lowest BCUT2D eigenvalue weighted by Gasteiger charge is -2.18. The minimum atomic E-state index is 0.434. The van der Waals surface area contributed by atoms with Gasteiger partial charge in [-0.15, -0.1) is 0 Å². The summed E-state index contributed by atoms with van der Waals surface area (Å²) in [6, 6.07) is 11.3. The lowest BCUT2D eigenvalue weighted by atomic mass is 9.99. The van der Waals surface area contributed by atoms with Crippen molar-refractivity contribution in [3.8, 4) is 0 Å². The van der Waals surface area contributed by atoms with Crippen LogP contribution in [0.15, 0.2) is 36.5 Å². The number of hydrogen-bond donors (Lipinski definition) is 1. The first-order chi connectivity index (χ1) is 10.2. The summed E-state index contributed by atoms with van der Waals surface area (Å²) in [7, 11) is 2.01. The van der Waals surface area contributed by atoms with Gasteiger partial charge in [0.05, 0.1) is 5.69 Å². The van der Waals surface area contributed by atoms with Crippen LogP contribution in [0.3, 0.4) is 0 Å². The van der Waals surface area contributed by atoms with E-state index in [0.29, 0.717) is 17.9 Å². The SMILES string of the molecule is CCCNC(c1cn(C)nc1C)C1CC1c1ccccc1. The molecule has 112 valence electrons. The van der Waals surface area contributed by atoms with E-state index >= 15 is 0 Å². The molecule has 3 nitrogen and oxygen atoms in total. The van der Waals surface area contributed by atoms with Gasteiger partial charge in [-0.3, -0.25) is 4.68 Å². The molecule has 0 bridgehead atoms. The molecule has 1 N–H and O–H groups in total. The normalized spacial score (nSPS) is 22.2. The molecule has 0 amide bonds. The van der Waals surface area contributed by atoms with Crippen molar-refractivity contribution in [2.45, 2.75) is 38.6 Å². The van der Waals surface area contributed by atoms with Crippen molar-refractivity contribution in [3.63, 3.8) is 0 Å². The van der Waals surface area contributed by atoms with Gasteiger partial charge in [0.15, 0.2) is 0 Å². The lowest BCUT2D eigenvalue weighted by molar-refractivity contribution is 0.471. The van der Waals surface area contributed by atoms with E-state index in [1.54, 1.807) is 0 Å². The maximum Gasteiger partial charge on any atom is 0.0641 e. The highest BCUT2D eigenvalue weighted by Crippen LogP contribution is 2.54. The number of benzene rings is 1. The molecule has 3 rings (SSSR count). The smallest absolute Gasteiger partial charge is 0.0641 e. The van der Waals surface area contributed by atoms with Gasteiger partial charge in [0.25, 0.3) is 0 Å². The topological polar surface area (TPSA) is 29.9 Å². The van der Waals surface area contributed by atoms with E-state index in [2.05, 4.69) is 60.8 Å². The van der Waals surface area contributed by atoms with Gasteiger partial charge in [-0.2, -0.15) is 5.10 Å². The summed E-state index contributed by atoms with van der Waals surface area (Å²) in [4.78, 5) is 0. The molecule has 1 aromatic carbocycles. The molecular weight excluding hydrogens is 258 g/mol. The summed E-state index contributed by atoms with van der Waals surface area (Å²) >= 11 is 0. The molecule has 0 spiro atoms. The van der Waals surface area contributed by atoms with Crippen molar-refractivity contribution in [1.29, 1.82) is 0 Å². The van der Waals surface area contributed by atoms with Crippen LogP contribution in [0, 0.1) is 12.8 Å². The van der Waals surface area contributed by atoms with Crippen molar-refractivity contribution in [3.05, 3.63) is 53.3 Å². The van der Waals surface area contributed by atoms with Crippen LogP contribution in [0.2, 0.25) is 0 Å². The molecule has 21 heavy (non-hydrogen) atoms. The summed E-state index contributed by atoms with van der Waals surface area (Å²) in [5.74, 6) is 1.39. The van der Waals surface area contributed by atoms with E-state index in [0.717, 1.165) is 12.2 Å². The van der Waals surface area contributed by atoms with Gasteiger partial charge < -0.3 is 5.32 Å². The van der Waals surface area contributed by atoms with Crippen molar-refractivity contribution < 1.29 is 0 Å². The minimum absolute atomic E-state index is 0.434. The second-order valence-electron chi connectivity index (χ2n) is 6.19. The molecule has 1 aliphatic rings. The second kappa shape index (κ2) is 6.02. The molecule has 2 aromatic rings. The summed E-state index contributed by atoms with van der Waals surface area (Å²) in [5, 5.41) is 8.27. The largest absolute Gasteiger partial charge is 0.310 e. The van der Waals surface area contributed by atoms with E-state index in [9.17, 15) is 0 Å². The highest BCUT2D eigenvalue weighted by Gasteiger charge is 2.44. The maximum atomic E-state index is 4.52. The summed E-state index contributed by atoms with van der Waals surface area (Å²) in [5.41, 5.74) is 4.01. The zero-order valence-corrected chi connectivity index (χ0v) is 13.2. The summed E-state index contributed by atoms with van der Waals surface area (Å²) in [6.45, 7) is 5.41. The van der Waals surface area contributed by atoms with Gasteiger partial charge in [-0.25, -0.2) is 0 Å². The number of aromatic nitrogens is 2. The van der Waals surface area contributed by atoms with Gasteiger partial charge in [0, 0.05) is 24.8 Å². The maximum absolute atomic E-state index is 4.52. The van der Waals surface area contributed by atoms with Crippen LogP contribution in [0.25, 0.3) is 0 Å². The molecule has 0 radical (unpaired) electrons. The molecule has 3 atom stereocenters. The fraction of sp³-hybridized carbons (Fsp3) is 0.500. The Kier molecular flexibility index (Phi) is 4.11. The first-order valence-corrected chi connectivity index (χ1v) is 7.99. The number of aryl methyl sites for hydroxylation is 2. The van der Waals surface area contributed by atoms with Gasteiger partial charge in [-0.1, -0.05) is 37.3 Å². The quantitative estimate of drug-likeness (QED) is 0.878. The third kappa shape index (κ3) is 3.03. The Morgan fingerprint density at radius 1 is 1.33 bits per heavy atom. The molecule has 0 aliphatic heterocycles. The Morgan fingerprint density at radius 3 is 2.71 bits per heavy atom. The zero-order chi connectivity index (χ0) is 14.8. The highest BCUT2D eigenvalue weighted by molar-refractivity contribution is 5.31. The monoisotopic (exact) mass is 283 g/mol. The predicted molar refractivity (Wildman–Crippen MR) is 86.3 cm³/mol. The number of rotatable bonds is 6. The third-order valence-electron chi connectivity index (χ3n) is 4.50. The third-order valence-corrected chi connectivity index (χ3v) is 4.50. The summed E-state index contributed by atoms with van der Waals surface area (Å²) < 4.78 is 1.94. The van der Waals surface area contributed by atoms with E-state index in [1.165, 1.54) is 24.0 Å². The Morgan fingerprint density at radius 2 is 2.10 bits per heavy atom. The zero-order valence-electron chi connectivity index (χ0n) is 13.2.